The number of fused-ring (bicyclic) bond motifs is 1. The summed E-state index contributed by atoms with van der Waals surface area (Å²) in [5, 5.41) is 10.2. The van der Waals surface area contributed by atoms with Gasteiger partial charge in [-0.15, -0.1) is 0 Å². The highest BCUT2D eigenvalue weighted by Crippen LogP contribution is 2.24. The molecule has 0 saturated carbocycles. The van der Waals surface area contributed by atoms with E-state index in [4.69, 9.17) is 0 Å². The summed E-state index contributed by atoms with van der Waals surface area (Å²) in [7, 11) is 0. The molecule has 0 aliphatic rings. The lowest BCUT2D eigenvalue weighted by Gasteiger charge is -1.99. The summed E-state index contributed by atoms with van der Waals surface area (Å²) in [6.45, 7) is 0. The molecule has 0 amide bonds. The number of phenols is 1. The largest absolute Gasteiger partial charge is 0.508 e. The number of ketones is 1. The first-order valence-corrected chi connectivity index (χ1v) is 5.65. The molecule has 1 aromatic heterocycles. The topological polar surface area (TPSA) is 53.1 Å². The molecule has 3 heteroatoms. The van der Waals surface area contributed by atoms with Crippen LogP contribution in [-0.4, -0.2) is 15.9 Å². The van der Waals surface area contributed by atoms with E-state index in [1.165, 1.54) is 0 Å². The number of carbonyl (C=O) groups is 1. The first kappa shape index (κ1) is 10.6. The zero-order valence-corrected chi connectivity index (χ0v) is 9.55. The van der Waals surface area contributed by atoms with Crippen molar-refractivity contribution in [3.05, 3.63) is 65.9 Å². The summed E-state index contributed by atoms with van der Waals surface area (Å²) < 4.78 is 0. The Balaban J connectivity index is 2.15. The van der Waals surface area contributed by atoms with Crippen LogP contribution in [0.15, 0.2) is 54.7 Å². The molecule has 1 heterocycles. The molecule has 88 valence electrons. The van der Waals surface area contributed by atoms with Gasteiger partial charge in [-0.1, -0.05) is 30.3 Å². The minimum Gasteiger partial charge on any atom is -0.508 e. The Hall–Kier alpha value is -2.55. The lowest BCUT2D eigenvalue weighted by Crippen LogP contribution is -1.99. The molecule has 3 rings (SSSR count). The smallest absolute Gasteiger partial charge is 0.195 e. The van der Waals surface area contributed by atoms with Gasteiger partial charge < -0.3 is 10.1 Å². The molecular formula is C15H11NO2. The van der Waals surface area contributed by atoms with E-state index in [0.717, 1.165) is 10.9 Å². The van der Waals surface area contributed by atoms with Gasteiger partial charge >= 0.3 is 0 Å². The molecule has 0 unspecified atom stereocenters. The van der Waals surface area contributed by atoms with Gasteiger partial charge in [0.05, 0.1) is 0 Å². The van der Waals surface area contributed by atoms with E-state index in [2.05, 4.69) is 4.98 Å². The van der Waals surface area contributed by atoms with Gasteiger partial charge in [0.15, 0.2) is 5.78 Å². The first-order chi connectivity index (χ1) is 8.75. The van der Waals surface area contributed by atoms with Crippen molar-refractivity contribution in [1.29, 1.82) is 0 Å². The van der Waals surface area contributed by atoms with Crippen LogP contribution in [0.1, 0.15) is 15.9 Å². The molecule has 0 aliphatic heterocycles. The number of aromatic nitrogens is 1. The third kappa shape index (κ3) is 1.66. The van der Waals surface area contributed by atoms with Crippen LogP contribution in [0, 0.1) is 0 Å². The fraction of sp³-hybridized carbons (Fsp3) is 0. The third-order valence-electron chi connectivity index (χ3n) is 2.95. The zero-order chi connectivity index (χ0) is 12.5. The first-order valence-electron chi connectivity index (χ1n) is 5.65. The monoisotopic (exact) mass is 237 g/mol. The highest BCUT2D eigenvalue weighted by atomic mass is 16.3. The van der Waals surface area contributed by atoms with Crippen molar-refractivity contribution in [3.63, 3.8) is 0 Å². The van der Waals surface area contributed by atoms with Crippen LogP contribution >= 0.6 is 0 Å². The molecule has 3 nitrogen and oxygen atoms in total. The second-order valence-electron chi connectivity index (χ2n) is 4.13. The van der Waals surface area contributed by atoms with Crippen molar-refractivity contribution >= 4 is 16.7 Å². The summed E-state index contributed by atoms with van der Waals surface area (Å²) in [6, 6.07) is 14.1. The van der Waals surface area contributed by atoms with Gasteiger partial charge in [0, 0.05) is 28.2 Å². The van der Waals surface area contributed by atoms with Crippen molar-refractivity contribution in [1.82, 2.24) is 4.98 Å². The average molecular weight is 237 g/mol. The molecule has 0 bridgehead atoms. The Bertz CT molecular complexity index is 714. The van der Waals surface area contributed by atoms with Gasteiger partial charge in [-0.3, -0.25) is 4.79 Å². The number of aromatic hydroxyl groups is 1. The van der Waals surface area contributed by atoms with Crippen LogP contribution in [-0.2, 0) is 0 Å². The average Bonchev–Trinajstić information content (AvgIpc) is 2.82. The minimum absolute atomic E-state index is 0.0487. The third-order valence-corrected chi connectivity index (χ3v) is 2.95. The molecule has 0 radical (unpaired) electrons. The van der Waals surface area contributed by atoms with Crippen LogP contribution in [0.3, 0.4) is 0 Å². The van der Waals surface area contributed by atoms with Crippen molar-refractivity contribution in [2.24, 2.45) is 0 Å². The van der Waals surface area contributed by atoms with Gasteiger partial charge in [0.1, 0.15) is 5.75 Å². The fourth-order valence-corrected chi connectivity index (χ4v) is 2.04. The Morgan fingerprint density at radius 1 is 1.06 bits per heavy atom. The van der Waals surface area contributed by atoms with Crippen molar-refractivity contribution in [2.45, 2.75) is 0 Å². The molecule has 18 heavy (non-hydrogen) atoms. The van der Waals surface area contributed by atoms with Gasteiger partial charge in [-0.05, 0) is 18.2 Å². The van der Waals surface area contributed by atoms with Gasteiger partial charge in [0.2, 0.25) is 0 Å². The summed E-state index contributed by atoms with van der Waals surface area (Å²) in [5.41, 5.74) is 2.06. The Labute approximate surface area is 104 Å². The predicted octanol–water partition coefficient (Wildman–Crippen LogP) is 3.10. The Morgan fingerprint density at radius 2 is 1.83 bits per heavy atom. The summed E-state index contributed by atoms with van der Waals surface area (Å²) in [4.78, 5) is 15.4. The normalized spacial score (nSPS) is 10.7. The number of benzene rings is 2. The van der Waals surface area contributed by atoms with Crippen LogP contribution in [0.4, 0.5) is 0 Å². The quantitative estimate of drug-likeness (QED) is 0.673. The maximum atomic E-state index is 12.3. The van der Waals surface area contributed by atoms with Crippen molar-refractivity contribution < 1.29 is 9.90 Å². The Kier molecular flexibility index (Phi) is 2.38. The van der Waals surface area contributed by atoms with Crippen molar-refractivity contribution in [2.75, 3.05) is 0 Å². The standard InChI is InChI=1S/C15H11NO2/c17-11-6-7-14-12(8-11)13(9-16-14)15(18)10-4-2-1-3-5-10/h1-9,16-17H. The van der Waals surface area contributed by atoms with E-state index in [-0.39, 0.29) is 11.5 Å². The number of phenolic OH excluding ortho intramolecular Hbond substituents is 1. The van der Waals surface area contributed by atoms with Crippen LogP contribution in [0.25, 0.3) is 10.9 Å². The highest BCUT2D eigenvalue weighted by Gasteiger charge is 2.13. The predicted molar refractivity (Wildman–Crippen MR) is 69.8 cm³/mol. The molecule has 0 saturated heterocycles. The summed E-state index contributed by atoms with van der Waals surface area (Å²) in [6.07, 6.45) is 1.68. The van der Waals surface area contributed by atoms with E-state index in [9.17, 15) is 9.90 Å². The number of aromatic amines is 1. The number of nitrogens with one attached hydrogen (secondary N) is 1. The molecule has 0 fully saturated rings. The molecule has 0 atom stereocenters. The fourth-order valence-electron chi connectivity index (χ4n) is 2.04. The summed E-state index contributed by atoms with van der Waals surface area (Å²) >= 11 is 0. The molecule has 2 aromatic carbocycles. The second-order valence-corrected chi connectivity index (χ2v) is 4.13. The van der Waals surface area contributed by atoms with Crippen molar-refractivity contribution in [3.8, 4) is 5.75 Å². The molecular weight excluding hydrogens is 226 g/mol. The van der Waals surface area contributed by atoms with Gasteiger partial charge in [0.25, 0.3) is 0 Å². The lowest BCUT2D eigenvalue weighted by atomic mass is 10.0. The van der Waals surface area contributed by atoms with E-state index in [0.29, 0.717) is 11.1 Å². The maximum absolute atomic E-state index is 12.3. The Morgan fingerprint density at radius 3 is 2.61 bits per heavy atom. The van der Waals surface area contributed by atoms with Crippen LogP contribution < -0.4 is 0 Å². The van der Waals surface area contributed by atoms with E-state index >= 15 is 0 Å². The van der Waals surface area contributed by atoms with E-state index in [1.54, 1.807) is 36.5 Å². The number of rotatable bonds is 2. The van der Waals surface area contributed by atoms with E-state index in [1.807, 2.05) is 18.2 Å². The molecule has 0 aliphatic carbocycles. The summed E-state index contributed by atoms with van der Waals surface area (Å²) in [5.74, 6) is 0.108. The number of carbonyl (C=O) groups excluding carboxylic acids is 1. The molecule has 3 aromatic rings. The van der Waals surface area contributed by atoms with Gasteiger partial charge in [-0.25, -0.2) is 0 Å². The van der Waals surface area contributed by atoms with Gasteiger partial charge in [-0.2, -0.15) is 0 Å². The minimum atomic E-state index is -0.0487. The molecule has 2 N–H and O–H groups in total. The number of hydrogen-bond acceptors (Lipinski definition) is 2. The maximum Gasteiger partial charge on any atom is 0.195 e. The molecule has 0 spiro atoms. The highest BCUT2D eigenvalue weighted by molar-refractivity contribution is 6.16. The van der Waals surface area contributed by atoms with Crippen LogP contribution in [0.2, 0.25) is 0 Å². The van der Waals surface area contributed by atoms with E-state index < -0.39 is 0 Å². The lowest BCUT2D eigenvalue weighted by molar-refractivity contribution is 0.104. The SMILES string of the molecule is O=C(c1ccccc1)c1c[nH]c2ccc(O)cc12. The zero-order valence-electron chi connectivity index (χ0n) is 9.55. The number of hydrogen-bond donors (Lipinski definition) is 2. The number of H-pyrrole nitrogens is 1. The van der Waals surface area contributed by atoms with Crippen LogP contribution in [0.5, 0.6) is 5.75 Å². The second kappa shape index (κ2) is 4.04.